The summed E-state index contributed by atoms with van der Waals surface area (Å²) in [6.45, 7) is 4.60. The third-order valence-electron chi connectivity index (χ3n) is 4.52. The zero-order chi connectivity index (χ0) is 17.8. The van der Waals surface area contributed by atoms with E-state index in [1.807, 2.05) is 35.4 Å². The van der Waals surface area contributed by atoms with Crippen LogP contribution in [0.1, 0.15) is 19.8 Å². The number of hydrogen-bond donors (Lipinski definition) is 0. The third kappa shape index (κ3) is 3.96. The van der Waals surface area contributed by atoms with Crippen molar-refractivity contribution in [3.8, 4) is 11.4 Å². The van der Waals surface area contributed by atoms with Gasteiger partial charge >= 0.3 is 5.97 Å². The second kappa shape index (κ2) is 7.88. The molecule has 3 heterocycles. The summed E-state index contributed by atoms with van der Waals surface area (Å²) in [7, 11) is 1.93. The Morgan fingerprint density at radius 3 is 2.64 bits per heavy atom. The van der Waals surface area contributed by atoms with Crippen molar-refractivity contribution in [3.63, 3.8) is 0 Å². The normalized spacial score (nSPS) is 16.1. The van der Waals surface area contributed by atoms with Crippen molar-refractivity contribution in [3.05, 3.63) is 29.3 Å². The maximum absolute atomic E-state index is 11.8. The van der Waals surface area contributed by atoms with Gasteiger partial charge in [-0.3, -0.25) is 14.7 Å². The molecule has 0 spiro atoms. The standard InChI is InChI=1S/C17H23N5O2S/c1-3-24-16(23)14-6-10-21(11-7-14)12-22-17(25)20(2)15(19-22)13-4-8-18-9-5-13/h4-5,8-9,14H,3,6-7,10-12H2,1-2H3. The Morgan fingerprint density at radius 1 is 1.32 bits per heavy atom. The van der Waals surface area contributed by atoms with E-state index in [4.69, 9.17) is 17.0 Å². The Labute approximate surface area is 152 Å². The van der Waals surface area contributed by atoms with Crippen molar-refractivity contribution >= 4 is 18.2 Å². The van der Waals surface area contributed by atoms with Crippen molar-refractivity contribution in [2.45, 2.75) is 26.4 Å². The number of carbonyl (C=O) groups is 1. The van der Waals surface area contributed by atoms with Crippen LogP contribution in [0.2, 0.25) is 0 Å². The molecule has 0 aromatic carbocycles. The smallest absolute Gasteiger partial charge is 0.309 e. The van der Waals surface area contributed by atoms with Crippen molar-refractivity contribution in [2.24, 2.45) is 13.0 Å². The lowest BCUT2D eigenvalue weighted by atomic mass is 9.97. The molecule has 0 N–H and O–H groups in total. The van der Waals surface area contributed by atoms with Gasteiger partial charge < -0.3 is 9.30 Å². The summed E-state index contributed by atoms with van der Waals surface area (Å²) in [6.07, 6.45) is 5.13. The van der Waals surface area contributed by atoms with Crippen molar-refractivity contribution in [2.75, 3.05) is 19.7 Å². The van der Waals surface area contributed by atoms with Gasteiger partial charge in [0.2, 0.25) is 0 Å². The summed E-state index contributed by atoms with van der Waals surface area (Å²) in [6, 6.07) is 3.85. The summed E-state index contributed by atoms with van der Waals surface area (Å²) in [5.74, 6) is 0.769. The molecule has 7 nitrogen and oxygen atoms in total. The van der Waals surface area contributed by atoms with Crippen LogP contribution in [-0.2, 0) is 23.2 Å². The van der Waals surface area contributed by atoms with Crippen LogP contribution < -0.4 is 0 Å². The van der Waals surface area contributed by atoms with Crippen LogP contribution in [0, 0.1) is 10.7 Å². The largest absolute Gasteiger partial charge is 0.466 e. The summed E-state index contributed by atoms with van der Waals surface area (Å²) in [5, 5.41) is 4.67. The molecule has 25 heavy (non-hydrogen) atoms. The molecule has 1 aliphatic heterocycles. The molecule has 2 aromatic heterocycles. The van der Waals surface area contributed by atoms with E-state index in [1.165, 1.54) is 0 Å². The van der Waals surface area contributed by atoms with Gasteiger partial charge in [0.05, 0.1) is 19.2 Å². The average molecular weight is 361 g/mol. The van der Waals surface area contributed by atoms with E-state index in [1.54, 1.807) is 12.4 Å². The summed E-state index contributed by atoms with van der Waals surface area (Å²) in [5.41, 5.74) is 0.989. The predicted molar refractivity (Wildman–Crippen MR) is 96.2 cm³/mol. The molecular formula is C17H23N5O2S. The van der Waals surface area contributed by atoms with Gasteiger partial charge in [-0.05, 0) is 44.1 Å². The van der Waals surface area contributed by atoms with Crippen LogP contribution in [0.4, 0.5) is 0 Å². The number of carbonyl (C=O) groups excluding carboxylic acids is 1. The lowest BCUT2D eigenvalue weighted by Gasteiger charge is -2.30. The van der Waals surface area contributed by atoms with E-state index in [-0.39, 0.29) is 11.9 Å². The van der Waals surface area contributed by atoms with Gasteiger partial charge in [0.25, 0.3) is 0 Å². The summed E-state index contributed by atoms with van der Waals surface area (Å²) < 4.78 is 9.56. The molecule has 1 saturated heterocycles. The molecule has 0 saturated carbocycles. The second-order valence-electron chi connectivity index (χ2n) is 6.19. The number of pyridine rings is 1. The molecule has 3 rings (SSSR count). The minimum Gasteiger partial charge on any atom is -0.466 e. The van der Waals surface area contributed by atoms with E-state index < -0.39 is 0 Å². The highest BCUT2D eigenvalue weighted by Crippen LogP contribution is 2.20. The van der Waals surface area contributed by atoms with Gasteiger partial charge in [-0.15, -0.1) is 0 Å². The number of hydrogen-bond acceptors (Lipinski definition) is 6. The molecule has 0 atom stereocenters. The first-order chi connectivity index (χ1) is 12.1. The zero-order valence-corrected chi connectivity index (χ0v) is 15.4. The molecule has 0 bridgehead atoms. The minimum atomic E-state index is -0.0726. The van der Waals surface area contributed by atoms with Crippen LogP contribution >= 0.6 is 12.2 Å². The third-order valence-corrected chi connectivity index (χ3v) is 5.01. The van der Waals surface area contributed by atoms with Gasteiger partial charge in [-0.25, -0.2) is 4.68 Å². The average Bonchev–Trinajstić information content (AvgIpc) is 2.92. The van der Waals surface area contributed by atoms with Crippen LogP contribution in [0.25, 0.3) is 11.4 Å². The molecular weight excluding hydrogens is 338 g/mol. The Bertz CT molecular complexity index is 778. The van der Waals surface area contributed by atoms with E-state index in [0.717, 1.165) is 37.3 Å². The Morgan fingerprint density at radius 2 is 2.00 bits per heavy atom. The Hall–Kier alpha value is -2.06. The number of ether oxygens (including phenoxy) is 1. The van der Waals surface area contributed by atoms with E-state index in [9.17, 15) is 4.79 Å². The molecule has 0 unspecified atom stereocenters. The van der Waals surface area contributed by atoms with Gasteiger partial charge in [-0.2, -0.15) is 5.10 Å². The maximum Gasteiger partial charge on any atom is 0.309 e. The Balaban J connectivity index is 1.67. The minimum absolute atomic E-state index is 0.0142. The first kappa shape index (κ1) is 17.8. The summed E-state index contributed by atoms with van der Waals surface area (Å²) >= 11 is 5.53. The topological polar surface area (TPSA) is 65.2 Å². The van der Waals surface area contributed by atoms with E-state index >= 15 is 0 Å². The lowest BCUT2D eigenvalue weighted by Crippen LogP contribution is -2.38. The fourth-order valence-electron chi connectivity index (χ4n) is 3.09. The monoisotopic (exact) mass is 361 g/mol. The highest BCUT2D eigenvalue weighted by molar-refractivity contribution is 7.71. The van der Waals surface area contributed by atoms with Crippen LogP contribution in [0.5, 0.6) is 0 Å². The number of likely N-dealkylation sites (tertiary alicyclic amines) is 1. The maximum atomic E-state index is 11.8. The molecule has 8 heteroatoms. The van der Waals surface area contributed by atoms with Crippen molar-refractivity contribution < 1.29 is 9.53 Å². The van der Waals surface area contributed by atoms with Gasteiger partial charge in [0.1, 0.15) is 0 Å². The molecule has 134 valence electrons. The first-order valence-electron chi connectivity index (χ1n) is 8.53. The second-order valence-corrected chi connectivity index (χ2v) is 6.55. The lowest BCUT2D eigenvalue weighted by molar-refractivity contribution is -0.149. The van der Waals surface area contributed by atoms with E-state index in [0.29, 0.717) is 18.0 Å². The number of aromatic nitrogens is 4. The highest BCUT2D eigenvalue weighted by Gasteiger charge is 2.26. The zero-order valence-electron chi connectivity index (χ0n) is 14.6. The molecule has 2 aromatic rings. The van der Waals surface area contributed by atoms with Crippen LogP contribution in [-0.4, -0.2) is 49.9 Å². The fraction of sp³-hybridized carbons (Fsp3) is 0.529. The molecule has 0 aliphatic carbocycles. The van der Waals surface area contributed by atoms with Gasteiger partial charge in [0, 0.05) is 38.1 Å². The molecule has 0 radical (unpaired) electrons. The number of esters is 1. The van der Waals surface area contributed by atoms with Gasteiger partial charge in [0.15, 0.2) is 10.6 Å². The molecule has 0 amide bonds. The number of nitrogens with zero attached hydrogens (tertiary/aromatic N) is 5. The van der Waals surface area contributed by atoms with E-state index in [2.05, 4.69) is 15.0 Å². The number of rotatable bonds is 5. The molecule has 1 aliphatic rings. The van der Waals surface area contributed by atoms with Crippen molar-refractivity contribution in [1.82, 2.24) is 24.2 Å². The van der Waals surface area contributed by atoms with Gasteiger partial charge in [-0.1, -0.05) is 0 Å². The first-order valence-corrected chi connectivity index (χ1v) is 8.94. The molecule has 1 fully saturated rings. The predicted octanol–water partition coefficient (Wildman–Crippen LogP) is 2.25. The summed E-state index contributed by atoms with van der Waals surface area (Å²) in [4.78, 5) is 18.2. The van der Waals surface area contributed by atoms with Crippen molar-refractivity contribution in [1.29, 1.82) is 0 Å². The van der Waals surface area contributed by atoms with Crippen LogP contribution in [0.3, 0.4) is 0 Å². The van der Waals surface area contributed by atoms with Crippen LogP contribution in [0.15, 0.2) is 24.5 Å². The fourth-order valence-corrected chi connectivity index (χ4v) is 3.28. The highest BCUT2D eigenvalue weighted by atomic mass is 32.1. The Kier molecular flexibility index (Phi) is 5.60. The number of piperidine rings is 1. The quantitative estimate of drug-likeness (QED) is 0.601. The SMILES string of the molecule is CCOC(=O)C1CCN(Cn2nc(-c3ccncc3)n(C)c2=S)CC1.